The second kappa shape index (κ2) is 6.68. The van der Waals surface area contributed by atoms with Gasteiger partial charge in [0.15, 0.2) is 0 Å². The van der Waals surface area contributed by atoms with E-state index in [0.29, 0.717) is 6.04 Å². The molecule has 13 heavy (non-hydrogen) atoms. The molecule has 0 saturated carbocycles. The first-order valence-electron chi connectivity index (χ1n) is 5.19. The zero-order valence-electron chi connectivity index (χ0n) is 8.71. The Balaban J connectivity index is 2.18. The molecule has 2 nitrogen and oxygen atoms in total. The molecule has 1 N–H and O–H groups in total. The third kappa shape index (κ3) is 4.34. The van der Waals surface area contributed by atoms with Gasteiger partial charge in [-0.2, -0.15) is 11.8 Å². The Morgan fingerprint density at radius 3 is 2.69 bits per heavy atom. The van der Waals surface area contributed by atoms with Crippen LogP contribution in [0, 0.1) is 0 Å². The molecule has 1 saturated heterocycles. The maximum Gasteiger partial charge on any atom is 0.0615 e. The summed E-state index contributed by atoms with van der Waals surface area (Å²) in [6.45, 7) is 3.06. The summed E-state index contributed by atoms with van der Waals surface area (Å²) in [5, 5.41) is 3.67. The molecule has 0 aromatic carbocycles. The van der Waals surface area contributed by atoms with Crippen LogP contribution >= 0.6 is 11.8 Å². The molecule has 0 aromatic rings. The average Bonchev–Trinajstić information content (AvgIpc) is 2.19. The quantitative estimate of drug-likeness (QED) is 0.737. The van der Waals surface area contributed by atoms with Gasteiger partial charge in [-0.1, -0.05) is 6.92 Å². The number of hydrogen-bond acceptors (Lipinski definition) is 3. The molecule has 1 fully saturated rings. The van der Waals surface area contributed by atoms with E-state index in [4.69, 9.17) is 4.74 Å². The molecular formula is C10H21NOS. The van der Waals surface area contributed by atoms with E-state index in [1.54, 1.807) is 7.11 Å². The van der Waals surface area contributed by atoms with Crippen LogP contribution in [0.1, 0.15) is 26.2 Å². The highest BCUT2D eigenvalue weighted by atomic mass is 32.2. The van der Waals surface area contributed by atoms with Gasteiger partial charge in [-0.25, -0.2) is 0 Å². The standard InChI is InChI=1S/C10H21NOS/c1-3-9(8-12-2)11-10-4-6-13-7-5-10/h9-11H,3-8H2,1-2H3/t9-/m0/s1. The highest BCUT2D eigenvalue weighted by Gasteiger charge is 2.16. The van der Waals surface area contributed by atoms with Gasteiger partial charge in [-0.15, -0.1) is 0 Å². The highest BCUT2D eigenvalue weighted by Crippen LogP contribution is 2.17. The van der Waals surface area contributed by atoms with Crippen molar-refractivity contribution >= 4 is 11.8 Å². The van der Waals surface area contributed by atoms with Gasteiger partial charge < -0.3 is 10.1 Å². The fourth-order valence-corrected chi connectivity index (χ4v) is 2.79. The molecule has 1 rings (SSSR count). The van der Waals surface area contributed by atoms with E-state index >= 15 is 0 Å². The third-order valence-corrected chi connectivity index (χ3v) is 3.60. The first-order valence-corrected chi connectivity index (χ1v) is 6.35. The lowest BCUT2D eigenvalue weighted by Gasteiger charge is -2.27. The molecule has 0 aromatic heterocycles. The monoisotopic (exact) mass is 203 g/mol. The lowest BCUT2D eigenvalue weighted by atomic mass is 10.1. The third-order valence-electron chi connectivity index (χ3n) is 2.55. The molecular weight excluding hydrogens is 182 g/mol. The largest absolute Gasteiger partial charge is 0.383 e. The Labute approximate surface area is 85.8 Å². The summed E-state index contributed by atoms with van der Waals surface area (Å²) in [4.78, 5) is 0. The number of hydrogen-bond donors (Lipinski definition) is 1. The molecule has 0 radical (unpaired) electrons. The molecule has 1 aliphatic heterocycles. The van der Waals surface area contributed by atoms with E-state index in [-0.39, 0.29) is 0 Å². The molecule has 0 unspecified atom stereocenters. The smallest absolute Gasteiger partial charge is 0.0615 e. The van der Waals surface area contributed by atoms with E-state index < -0.39 is 0 Å². The van der Waals surface area contributed by atoms with Gasteiger partial charge >= 0.3 is 0 Å². The van der Waals surface area contributed by atoms with Gasteiger partial charge in [0.05, 0.1) is 6.61 Å². The van der Waals surface area contributed by atoms with Gasteiger partial charge in [-0.3, -0.25) is 0 Å². The van der Waals surface area contributed by atoms with E-state index in [1.165, 1.54) is 24.3 Å². The SMILES string of the molecule is CC[C@@H](COC)NC1CCSCC1. The number of rotatable bonds is 5. The van der Waals surface area contributed by atoms with E-state index in [9.17, 15) is 0 Å². The Morgan fingerprint density at radius 2 is 2.15 bits per heavy atom. The molecule has 0 aliphatic carbocycles. The van der Waals surface area contributed by atoms with E-state index in [1.807, 2.05) is 0 Å². The van der Waals surface area contributed by atoms with Crippen LogP contribution in [0.25, 0.3) is 0 Å². The van der Waals surface area contributed by atoms with Gasteiger partial charge in [0.25, 0.3) is 0 Å². The average molecular weight is 203 g/mol. The highest BCUT2D eigenvalue weighted by molar-refractivity contribution is 7.99. The lowest BCUT2D eigenvalue weighted by molar-refractivity contribution is 0.157. The molecule has 1 heterocycles. The van der Waals surface area contributed by atoms with Crippen molar-refractivity contribution in [3.8, 4) is 0 Å². The molecule has 1 atom stereocenters. The summed E-state index contributed by atoms with van der Waals surface area (Å²) in [7, 11) is 1.78. The van der Waals surface area contributed by atoms with Crippen LogP contribution in [-0.2, 0) is 4.74 Å². The molecule has 0 spiro atoms. The summed E-state index contributed by atoms with van der Waals surface area (Å²) in [6, 6.07) is 1.29. The summed E-state index contributed by atoms with van der Waals surface area (Å²) in [5.74, 6) is 2.64. The van der Waals surface area contributed by atoms with Gasteiger partial charge in [-0.05, 0) is 30.8 Å². The second-order valence-corrected chi connectivity index (χ2v) is 4.84. The number of nitrogens with one attached hydrogen (secondary N) is 1. The van der Waals surface area contributed by atoms with Crippen LogP contribution in [-0.4, -0.2) is 37.3 Å². The number of ether oxygens (including phenoxy) is 1. The van der Waals surface area contributed by atoms with Crippen molar-refractivity contribution in [3.63, 3.8) is 0 Å². The maximum absolute atomic E-state index is 5.17. The normalized spacial score (nSPS) is 21.7. The summed E-state index contributed by atoms with van der Waals surface area (Å²) < 4.78 is 5.17. The first kappa shape index (κ1) is 11.3. The lowest BCUT2D eigenvalue weighted by Crippen LogP contribution is -2.42. The molecule has 78 valence electrons. The predicted molar refractivity (Wildman–Crippen MR) is 59.4 cm³/mol. The van der Waals surface area contributed by atoms with Gasteiger partial charge in [0.1, 0.15) is 0 Å². The summed E-state index contributed by atoms with van der Waals surface area (Å²) >= 11 is 2.08. The van der Waals surface area contributed by atoms with Crippen molar-refractivity contribution in [3.05, 3.63) is 0 Å². The summed E-state index contributed by atoms with van der Waals surface area (Å²) in [5.41, 5.74) is 0. The van der Waals surface area contributed by atoms with Crippen LogP contribution in [0.2, 0.25) is 0 Å². The Kier molecular flexibility index (Phi) is 5.83. The Morgan fingerprint density at radius 1 is 1.46 bits per heavy atom. The maximum atomic E-state index is 5.17. The molecule has 1 aliphatic rings. The van der Waals surface area contributed by atoms with Crippen LogP contribution in [0.3, 0.4) is 0 Å². The van der Waals surface area contributed by atoms with Crippen LogP contribution in [0.4, 0.5) is 0 Å². The van der Waals surface area contributed by atoms with Gasteiger partial charge in [0.2, 0.25) is 0 Å². The van der Waals surface area contributed by atoms with Crippen LogP contribution < -0.4 is 5.32 Å². The van der Waals surface area contributed by atoms with Crippen molar-refractivity contribution in [1.82, 2.24) is 5.32 Å². The molecule has 3 heteroatoms. The predicted octanol–water partition coefficient (Wildman–Crippen LogP) is 1.90. The fourth-order valence-electron chi connectivity index (χ4n) is 1.68. The van der Waals surface area contributed by atoms with E-state index in [0.717, 1.165) is 19.1 Å². The minimum atomic E-state index is 0.554. The zero-order valence-corrected chi connectivity index (χ0v) is 9.53. The topological polar surface area (TPSA) is 21.3 Å². The van der Waals surface area contributed by atoms with Crippen molar-refractivity contribution in [2.75, 3.05) is 25.2 Å². The summed E-state index contributed by atoms with van der Waals surface area (Å²) in [6.07, 6.45) is 3.81. The molecule has 0 amide bonds. The Bertz CT molecular complexity index is 123. The van der Waals surface area contributed by atoms with E-state index in [2.05, 4.69) is 24.0 Å². The number of methoxy groups -OCH3 is 1. The number of thioether (sulfide) groups is 1. The van der Waals surface area contributed by atoms with Crippen molar-refractivity contribution in [2.24, 2.45) is 0 Å². The fraction of sp³-hybridized carbons (Fsp3) is 1.00. The van der Waals surface area contributed by atoms with Crippen molar-refractivity contribution < 1.29 is 4.74 Å². The van der Waals surface area contributed by atoms with Crippen LogP contribution in [0.5, 0.6) is 0 Å². The first-order chi connectivity index (χ1) is 6.36. The van der Waals surface area contributed by atoms with Gasteiger partial charge in [0, 0.05) is 19.2 Å². The van der Waals surface area contributed by atoms with Crippen molar-refractivity contribution in [2.45, 2.75) is 38.3 Å². The van der Waals surface area contributed by atoms with Crippen LogP contribution in [0.15, 0.2) is 0 Å². The Hall–Kier alpha value is 0.270. The minimum absolute atomic E-state index is 0.554. The minimum Gasteiger partial charge on any atom is -0.383 e. The zero-order chi connectivity index (χ0) is 9.52. The molecule has 0 bridgehead atoms. The van der Waals surface area contributed by atoms with Crippen molar-refractivity contribution in [1.29, 1.82) is 0 Å². The second-order valence-electron chi connectivity index (χ2n) is 3.61.